The second-order valence-corrected chi connectivity index (χ2v) is 5.84. The molecule has 102 valence electrons. The Morgan fingerprint density at radius 2 is 1.18 bits per heavy atom. The van der Waals surface area contributed by atoms with Gasteiger partial charge in [-0.25, -0.2) is 0 Å². The molecule has 0 fully saturated rings. The highest BCUT2D eigenvalue weighted by Gasteiger charge is 2.16. The summed E-state index contributed by atoms with van der Waals surface area (Å²) in [6, 6.07) is 0. The summed E-state index contributed by atoms with van der Waals surface area (Å²) in [5, 5.41) is 3.15. The van der Waals surface area contributed by atoms with E-state index in [2.05, 4.69) is 12.1 Å². The predicted molar refractivity (Wildman–Crippen MR) is 76.3 cm³/mol. The highest BCUT2D eigenvalue weighted by atomic mass is 16.3. The van der Waals surface area contributed by atoms with Crippen LogP contribution in [-0.4, -0.2) is 5.54 Å². The van der Waals surface area contributed by atoms with Gasteiger partial charge in [-0.3, -0.25) is 0 Å². The number of hydrogen-bond acceptors (Lipinski definition) is 2. The molecule has 0 spiro atoms. The molecule has 0 radical (unpaired) electrons. The van der Waals surface area contributed by atoms with Crippen LogP contribution in [0.25, 0.3) is 0 Å². The quantitative estimate of drug-likeness (QED) is 0.311. The molecule has 0 saturated heterocycles. The number of hydrogen-bond donors (Lipinski definition) is 0. The first-order valence-corrected chi connectivity index (χ1v) is 7.47. The fraction of sp³-hybridized carbons (Fsp3) is 1.00. The van der Waals surface area contributed by atoms with Crippen LogP contribution in [0, 0.1) is 4.91 Å². The Bertz CT molecular complexity index is 178. The third-order valence-electron chi connectivity index (χ3n) is 3.39. The zero-order valence-electron chi connectivity index (χ0n) is 12.1. The van der Waals surface area contributed by atoms with Crippen LogP contribution in [0.1, 0.15) is 91.4 Å². The van der Waals surface area contributed by atoms with Gasteiger partial charge < -0.3 is 0 Å². The lowest BCUT2D eigenvalue weighted by Gasteiger charge is -2.14. The van der Waals surface area contributed by atoms with Crippen molar-refractivity contribution in [2.24, 2.45) is 5.18 Å². The summed E-state index contributed by atoms with van der Waals surface area (Å²) in [6.07, 6.45) is 14.4. The molecule has 0 aromatic heterocycles. The number of rotatable bonds is 12. The van der Waals surface area contributed by atoms with Crippen LogP contribution in [0.3, 0.4) is 0 Å². The van der Waals surface area contributed by atoms with Crippen molar-refractivity contribution < 1.29 is 0 Å². The van der Waals surface area contributed by atoms with E-state index in [1.54, 1.807) is 0 Å². The first-order chi connectivity index (χ1) is 8.12. The van der Waals surface area contributed by atoms with E-state index in [1.165, 1.54) is 57.8 Å². The Morgan fingerprint density at radius 3 is 1.59 bits per heavy atom. The molecular formula is C15H31NO. The summed E-state index contributed by atoms with van der Waals surface area (Å²) in [4.78, 5) is 10.5. The number of nitrogens with zero attached hydrogens (tertiary/aromatic N) is 1. The Hall–Kier alpha value is -0.400. The molecule has 0 amide bonds. The van der Waals surface area contributed by atoms with E-state index in [-0.39, 0.29) is 5.54 Å². The lowest BCUT2D eigenvalue weighted by molar-refractivity contribution is 0.439. The Kier molecular flexibility index (Phi) is 10.5. The lowest BCUT2D eigenvalue weighted by atomic mass is 9.97. The van der Waals surface area contributed by atoms with Gasteiger partial charge in [0, 0.05) is 0 Å². The van der Waals surface area contributed by atoms with Crippen LogP contribution in [0.4, 0.5) is 0 Å². The SMILES string of the molecule is CCCCCCCCCCCCC(C)(C)N=O. The van der Waals surface area contributed by atoms with Gasteiger partial charge in [0.25, 0.3) is 0 Å². The largest absolute Gasteiger partial charge is 0.150 e. The topological polar surface area (TPSA) is 29.4 Å². The molecule has 0 heterocycles. The standard InChI is InChI=1S/C15H31NO/c1-4-5-6-7-8-9-10-11-12-13-14-15(2,3)16-17/h4-14H2,1-3H3. The van der Waals surface area contributed by atoms with Crippen LogP contribution >= 0.6 is 0 Å². The van der Waals surface area contributed by atoms with Crippen LogP contribution in [0.15, 0.2) is 5.18 Å². The van der Waals surface area contributed by atoms with E-state index in [1.807, 2.05) is 13.8 Å². The van der Waals surface area contributed by atoms with Gasteiger partial charge in [0.2, 0.25) is 0 Å². The predicted octanol–water partition coefficient (Wildman–Crippen LogP) is 5.84. The van der Waals surface area contributed by atoms with E-state index >= 15 is 0 Å². The lowest BCUT2D eigenvalue weighted by Crippen LogP contribution is -2.14. The Balaban J connectivity index is 3.11. The number of unbranched alkanes of at least 4 members (excludes halogenated alkanes) is 9. The van der Waals surface area contributed by atoms with Crippen molar-refractivity contribution in [2.75, 3.05) is 0 Å². The summed E-state index contributed by atoms with van der Waals surface area (Å²) in [5.41, 5.74) is -0.347. The fourth-order valence-electron chi connectivity index (χ4n) is 2.09. The van der Waals surface area contributed by atoms with E-state index in [4.69, 9.17) is 0 Å². The first-order valence-electron chi connectivity index (χ1n) is 7.47. The summed E-state index contributed by atoms with van der Waals surface area (Å²) in [6.45, 7) is 6.11. The molecule has 2 nitrogen and oxygen atoms in total. The molecule has 0 aliphatic rings. The van der Waals surface area contributed by atoms with Crippen molar-refractivity contribution in [2.45, 2.75) is 96.9 Å². The monoisotopic (exact) mass is 241 g/mol. The average molecular weight is 241 g/mol. The minimum Gasteiger partial charge on any atom is -0.150 e. The van der Waals surface area contributed by atoms with Gasteiger partial charge in [-0.2, -0.15) is 4.91 Å². The molecule has 0 atom stereocenters. The van der Waals surface area contributed by atoms with Crippen LogP contribution in [0.2, 0.25) is 0 Å². The van der Waals surface area contributed by atoms with Crippen molar-refractivity contribution in [1.82, 2.24) is 0 Å². The molecule has 0 aliphatic carbocycles. The maximum absolute atomic E-state index is 10.5. The highest BCUT2D eigenvalue weighted by molar-refractivity contribution is 4.75. The van der Waals surface area contributed by atoms with Crippen LogP contribution in [-0.2, 0) is 0 Å². The third kappa shape index (κ3) is 11.9. The van der Waals surface area contributed by atoms with Gasteiger partial charge in [0.15, 0.2) is 0 Å². The first kappa shape index (κ1) is 16.6. The van der Waals surface area contributed by atoms with Crippen molar-refractivity contribution in [3.8, 4) is 0 Å². The molecule has 2 heteroatoms. The molecule has 0 rings (SSSR count). The molecule has 0 saturated carbocycles. The van der Waals surface area contributed by atoms with E-state index in [0.717, 1.165) is 12.8 Å². The molecule has 0 bridgehead atoms. The zero-order chi connectivity index (χ0) is 13.0. The summed E-state index contributed by atoms with van der Waals surface area (Å²) < 4.78 is 0. The van der Waals surface area contributed by atoms with Gasteiger partial charge in [-0.05, 0) is 20.3 Å². The Morgan fingerprint density at radius 1 is 0.765 bits per heavy atom. The zero-order valence-corrected chi connectivity index (χ0v) is 12.1. The van der Waals surface area contributed by atoms with Gasteiger partial charge in [0.1, 0.15) is 0 Å². The molecule has 0 aliphatic heterocycles. The van der Waals surface area contributed by atoms with Gasteiger partial charge >= 0.3 is 0 Å². The smallest absolute Gasteiger partial charge is 0.0970 e. The average Bonchev–Trinajstić information content (AvgIpc) is 2.31. The van der Waals surface area contributed by atoms with Crippen LogP contribution < -0.4 is 0 Å². The number of nitroso groups, excluding NO2 is 1. The van der Waals surface area contributed by atoms with E-state index < -0.39 is 0 Å². The van der Waals surface area contributed by atoms with E-state index in [0.29, 0.717) is 0 Å². The normalized spacial score (nSPS) is 11.7. The van der Waals surface area contributed by atoms with Crippen LogP contribution in [0.5, 0.6) is 0 Å². The van der Waals surface area contributed by atoms with Gasteiger partial charge in [0.05, 0.1) is 5.54 Å². The second-order valence-electron chi connectivity index (χ2n) is 5.84. The summed E-state index contributed by atoms with van der Waals surface area (Å²) >= 11 is 0. The molecule has 0 aromatic carbocycles. The maximum Gasteiger partial charge on any atom is 0.0970 e. The molecule has 0 aromatic rings. The van der Waals surface area contributed by atoms with Crippen molar-refractivity contribution in [3.63, 3.8) is 0 Å². The Labute approximate surface area is 108 Å². The molecule has 0 unspecified atom stereocenters. The third-order valence-corrected chi connectivity index (χ3v) is 3.39. The molecular weight excluding hydrogens is 210 g/mol. The molecule has 17 heavy (non-hydrogen) atoms. The minimum absolute atomic E-state index is 0.347. The van der Waals surface area contributed by atoms with E-state index in [9.17, 15) is 4.91 Å². The highest BCUT2D eigenvalue weighted by Crippen LogP contribution is 2.19. The van der Waals surface area contributed by atoms with Crippen molar-refractivity contribution in [3.05, 3.63) is 4.91 Å². The second kappa shape index (κ2) is 10.7. The fourth-order valence-corrected chi connectivity index (χ4v) is 2.09. The minimum atomic E-state index is -0.347. The molecule has 0 N–H and O–H groups in total. The van der Waals surface area contributed by atoms with Crippen molar-refractivity contribution in [1.29, 1.82) is 0 Å². The van der Waals surface area contributed by atoms with Crippen molar-refractivity contribution >= 4 is 0 Å². The van der Waals surface area contributed by atoms with Gasteiger partial charge in [-0.15, -0.1) is 0 Å². The summed E-state index contributed by atoms with van der Waals surface area (Å²) in [5.74, 6) is 0. The maximum atomic E-state index is 10.5. The van der Waals surface area contributed by atoms with Gasteiger partial charge in [-0.1, -0.05) is 76.3 Å². The summed E-state index contributed by atoms with van der Waals surface area (Å²) in [7, 11) is 0.